The van der Waals surface area contributed by atoms with Crippen molar-refractivity contribution >= 4 is 17.3 Å². The van der Waals surface area contributed by atoms with Gasteiger partial charge in [-0.15, -0.1) is 6.58 Å². The van der Waals surface area contributed by atoms with Crippen LogP contribution in [0.1, 0.15) is 25.0 Å². The summed E-state index contributed by atoms with van der Waals surface area (Å²) in [5.41, 5.74) is 2.53. The fraction of sp³-hybridized carbons (Fsp3) is 0.400. The van der Waals surface area contributed by atoms with Crippen molar-refractivity contribution in [1.29, 1.82) is 0 Å². The fourth-order valence-corrected chi connectivity index (χ4v) is 2.44. The highest BCUT2D eigenvalue weighted by Crippen LogP contribution is 2.37. The summed E-state index contributed by atoms with van der Waals surface area (Å²) in [5, 5.41) is 9.84. The van der Waals surface area contributed by atoms with Crippen LogP contribution in [-0.2, 0) is 4.79 Å². The van der Waals surface area contributed by atoms with E-state index in [4.69, 9.17) is 0 Å². The Kier molecular flexibility index (Phi) is 3.90. The summed E-state index contributed by atoms with van der Waals surface area (Å²) in [6, 6.07) is 5.75. The SMILES string of the molecule is C=CCN(CCC)c1ccc2c(c1)N(C)C(=O)C2O. The van der Waals surface area contributed by atoms with Crippen molar-refractivity contribution in [2.45, 2.75) is 19.4 Å². The Labute approximate surface area is 113 Å². The van der Waals surface area contributed by atoms with Crippen LogP contribution in [0.5, 0.6) is 0 Å². The molecule has 1 heterocycles. The van der Waals surface area contributed by atoms with Gasteiger partial charge in [-0.05, 0) is 18.6 Å². The minimum Gasteiger partial charge on any atom is -0.378 e. The van der Waals surface area contributed by atoms with Gasteiger partial charge in [0.1, 0.15) is 0 Å². The molecule has 0 spiro atoms. The Hall–Kier alpha value is -1.81. The van der Waals surface area contributed by atoms with Crippen molar-refractivity contribution in [3.8, 4) is 0 Å². The molecule has 1 aromatic rings. The van der Waals surface area contributed by atoms with Gasteiger partial charge in [-0.3, -0.25) is 4.79 Å². The summed E-state index contributed by atoms with van der Waals surface area (Å²) in [7, 11) is 1.69. The molecule has 1 unspecified atom stereocenters. The monoisotopic (exact) mass is 260 g/mol. The third-order valence-corrected chi connectivity index (χ3v) is 3.44. The highest BCUT2D eigenvalue weighted by molar-refractivity contribution is 6.03. The minimum absolute atomic E-state index is 0.266. The van der Waals surface area contributed by atoms with Crippen molar-refractivity contribution in [1.82, 2.24) is 0 Å². The predicted octanol–water partition coefficient (Wildman–Crippen LogP) is 2.10. The molecule has 19 heavy (non-hydrogen) atoms. The lowest BCUT2D eigenvalue weighted by molar-refractivity contribution is -0.125. The Morgan fingerprint density at radius 3 is 2.89 bits per heavy atom. The summed E-state index contributed by atoms with van der Waals surface area (Å²) in [5.74, 6) is -0.266. The maximum atomic E-state index is 11.7. The second kappa shape index (κ2) is 5.45. The van der Waals surface area contributed by atoms with Gasteiger partial charge >= 0.3 is 0 Å². The summed E-state index contributed by atoms with van der Waals surface area (Å²) in [6.07, 6.45) is 1.89. The minimum atomic E-state index is -1.02. The number of aliphatic hydroxyl groups excluding tert-OH is 1. The second-order valence-corrected chi connectivity index (χ2v) is 4.78. The van der Waals surface area contributed by atoms with Gasteiger partial charge in [0, 0.05) is 31.4 Å². The molecule has 0 bridgehead atoms. The Morgan fingerprint density at radius 2 is 2.26 bits per heavy atom. The number of anilines is 2. The standard InChI is InChI=1S/C15H20N2O2/c1-4-8-17(9-5-2)11-6-7-12-13(10-11)16(3)15(19)14(12)18/h4,6-7,10,14,18H,1,5,8-9H2,2-3H3. The zero-order valence-corrected chi connectivity index (χ0v) is 11.5. The summed E-state index contributed by atoms with van der Waals surface area (Å²) < 4.78 is 0. The molecular weight excluding hydrogens is 240 g/mol. The van der Waals surface area contributed by atoms with E-state index in [1.165, 1.54) is 4.90 Å². The number of aliphatic hydroxyl groups is 1. The maximum Gasteiger partial charge on any atom is 0.260 e. The van der Waals surface area contributed by atoms with E-state index in [1.807, 2.05) is 24.3 Å². The number of likely N-dealkylation sites (N-methyl/N-ethyl adjacent to an activating group) is 1. The number of carbonyl (C=O) groups excluding carboxylic acids is 1. The van der Waals surface area contributed by atoms with E-state index in [9.17, 15) is 9.90 Å². The van der Waals surface area contributed by atoms with Crippen molar-refractivity contribution in [3.05, 3.63) is 36.4 Å². The number of benzene rings is 1. The average molecular weight is 260 g/mol. The fourth-order valence-electron chi connectivity index (χ4n) is 2.44. The van der Waals surface area contributed by atoms with E-state index >= 15 is 0 Å². The number of amides is 1. The van der Waals surface area contributed by atoms with E-state index in [1.54, 1.807) is 7.05 Å². The topological polar surface area (TPSA) is 43.8 Å². The van der Waals surface area contributed by atoms with Gasteiger partial charge in [0.25, 0.3) is 5.91 Å². The first-order valence-corrected chi connectivity index (χ1v) is 6.55. The number of hydrogen-bond donors (Lipinski definition) is 1. The molecule has 1 atom stereocenters. The zero-order chi connectivity index (χ0) is 14.0. The molecule has 102 valence electrons. The zero-order valence-electron chi connectivity index (χ0n) is 11.5. The van der Waals surface area contributed by atoms with Crippen LogP contribution in [0.15, 0.2) is 30.9 Å². The largest absolute Gasteiger partial charge is 0.378 e. The van der Waals surface area contributed by atoms with Gasteiger partial charge in [-0.1, -0.05) is 19.1 Å². The maximum absolute atomic E-state index is 11.7. The van der Waals surface area contributed by atoms with Crippen molar-refractivity contribution in [3.63, 3.8) is 0 Å². The van der Waals surface area contributed by atoms with Crippen molar-refractivity contribution in [2.75, 3.05) is 29.9 Å². The predicted molar refractivity (Wildman–Crippen MR) is 77.5 cm³/mol. The average Bonchev–Trinajstić information content (AvgIpc) is 2.63. The van der Waals surface area contributed by atoms with Gasteiger partial charge in [-0.2, -0.15) is 0 Å². The molecule has 0 aromatic heterocycles. The second-order valence-electron chi connectivity index (χ2n) is 4.78. The molecule has 1 amide bonds. The van der Waals surface area contributed by atoms with Gasteiger partial charge in [0.15, 0.2) is 6.10 Å². The lowest BCUT2D eigenvalue weighted by Crippen LogP contribution is -2.25. The van der Waals surface area contributed by atoms with E-state index in [-0.39, 0.29) is 5.91 Å². The smallest absolute Gasteiger partial charge is 0.260 e. The van der Waals surface area contributed by atoms with E-state index in [0.717, 1.165) is 30.9 Å². The number of carbonyl (C=O) groups is 1. The first kappa shape index (κ1) is 13.6. The van der Waals surface area contributed by atoms with E-state index in [0.29, 0.717) is 5.56 Å². The van der Waals surface area contributed by atoms with Gasteiger partial charge in [0.2, 0.25) is 0 Å². The third-order valence-electron chi connectivity index (χ3n) is 3.44. The van der Waals surface area contributed by atoms with Gasteiger partial charge in [-0.25, -0.2) is 0 Å². The Balaban J connectivity index is 2.36. The van der Waals surface area contributed by atoms with Crippen LogP contribution in [0.2, 0.25) is 0 Å². The van der Waals surface area contributed by atoms with Crippen LogP contribution in [0.3, 0.4) is 0 Å². The molecule has 1 aliphatic rings. The number of rotatable bonds is 5. The van der Waals surface area contributed by atoms with Crippen LogP contribution in [0.25, 0.3) is 0 Å². The van der Waals surface area contributed by atoms with E-state index in [2.05, 4.69) is 18.4 Å². The Morgan fingerprint density at radius 1 is 1.53 bits per heavy atom. The highest BCUT2D eigenvalue weighted by Gasteiger charge is 2.33. The summed E-state index contributed by atoms with van der Waals surface area (Å²) in [4.78, 5) is 15.5. The first-order chi connectivity index (χ1) is 9.10. The third kappa shape index (κ3) is 2.36. The first-order valence-electron chi connectivity index (χ1n) is 6.55. The highest BCUT2D eigenvalue weighted by atomic mass is 16.3. The lowest BCUT2D eigenvalue weighted by atomic mass is 10.1. The molecule has 0 radical (unpaired) electrons. The van der Waals surface area contributed by atoms with E-state index < -0.39 is 6.10 Å². The Bertz CT molecular complexity index is 499. The molecule has 0 aliphatic carbocycles. The van der Waals surface area contributed by atoms with Crippen LogP contribution in [0.4, 0.5) is 11.4 Å². The molecule has 4 nitrogen and oxygen atoms in total. The van der Waals surface area contributed by atoms with Crippen LogP contribution in [0, 0.1) is 0 Å². The summed E-state index contributed by atoms with van der Waals surface area (Å²) in [6.45, 7) is 7.61. The molecule has 2 rings (SSSR count). The number of fused-ring (bicyclic) bond motifs is 1. The quantitative estimate of drug-likeness (QED) is 0.825. The van der Waals surface area contributed by atoms with Crippen LogP contribution < -0.4 is 9.80 Å². The molecule has 4 heteroatoms. The molecule has 0 saturated heterocycles. The van der Waals surface area contributed by atoms with Crippen LogP contribution in [-0.4, -0.2) is 31.2 Å². The summed E-state index contributed by atoms with van der Waals surface area (Å²) >= 11 is 0. The molecule has 0 fully saturated rings. The van der Waals surface area contributed by atoms with Crippen LogP contribution >= 0.6 is 0 Å². The molecule has 0 saturated carbocycles. The molecular formula is C15H20N2O2. The van der Waals surface area contributed by atoms with Crippen molar-refractivity contribution in [2.24, 2.45) is 0 Å². The molecule has 1 aromatic carbocycles. The van der Waals surface area contributed by atoms with Gasteiger partial charge in [0.05, 0.1) is 5.69 Å². The number of nitrogens with zero attached hydrogens (tertiary/aromatic N) is 2. The molecule has 1 aliphatic heterocycles. The van der Waals surface area contributed by atoms with Crippen molar-refractivity contribution < 1.29 is 9.90 Å². The number of hydrogen-bond acceptors (Lipinski definition) is 3. The molecule has 1 N–H and O–H groups in total. The normalized spacial score (nSPS) is 17.5. The van der Waals surface area contributed by atoms with Gasteiger partial charge < -0.3 is 14.9 Å². The lowest BCUT2D eigenvalue weighted by Gasteiger charge is -2.24.